The smallest absolute Gasteiger partial charge is 0.253 e. The lowest BCUT2D eigenvalue weighted by atomic mass is 10.1. The van der Waals surface area contributed by atoms with Crippen LogP contribution in [0, 0.1) is 0 Å². The number of fused-ring (bicyclic) bond motifs is 1. The van der Waals surface area contributed by atoms with Gasteiger partial charge in [0, 0.05) is 48.6 Å². The van der Waals surface area contributed by atoms with Gasteiger partial charge >= 0.3 is 0 Å². The highest BCUT2D eigenvalue weighted by molar-refractivity contribution is 5.98. The third kappa shape index (κ3) is 8.27. The van der Waals surface area contributed by atoms with Crippen molar-refractivity contribution in [2.45, 2.75) is 31.5 Å². The maximum absolute atomic E-state index is 13.3. The molecule has 12 heteroatoms. The molecule has 0 saturated carbocycles. The molecule has 2 amide bonds. The van der Waals surface area contributed by atoms with E-state index in [-0.39, 0.29) is 30.4 Å². The summed E-state index contributed by atoms with van der Waals surface area (Å²) in [5.74, 6) is 0.603. The Kier molecular flexibility index (Phi) is 10.5. The summed E-state index contributed by atoms with van der Waals surface area (Å²) < 4.78 is 22.6. The number of aromatic amines is 1. The van der Waals surface area contributed by atoms with E-state index in [1.54, 1.807) is 12.1 Å². The fourth-order valence-corrected chi connectivity index (χ4v) is 5.41. The summed E-state index contributed by atoms with van der Waals surface area (Å²) in [7, 11) is 0. The molecule has 0 bridgehead atoms. The van der Waals surface area contributed by atoms with Gasteiger partial charge in [0.2, 0.25) is 6.29 Å². The van der Waals surface area contributed by atoms with Crippen LogP contribution in [0.2, 0.25) is 0 Å². The minimum Gasteiger partial charge on any atom is -0.378 e. The summed E-state index contributed by atoms with van der Waals surface area (Å²) in [6.45, 7) is 3.93. The molecule has 3 heterocycles. The standard InChI is InChI=1S/C34H40N6O6/c35-13-17-43-19-20-44-18-14-36-31(41)24-7-4-8-26(21-24)37-32-34(46-32)45-27-11-15-40(16-12-27)33(42)25-9-10-28-29(22-25)39-30(38-28)23-5-2-1-3-6-23/h1-10,21-22,27,32,34,37H,11-20,35H2,(H,36,41)(H,38,39). The predicted molar refractivity (Wildman–Crippen MR) is 173 cm³/mol. The second kappa shape index (κ2) is 15.3. The van der Waals surface area contributed by atoms with Gasteiger partial charge in [0.25, 0.3) is 11.8 Å². The van der Waals surface area contributed by atoms with Gasteiger partial charge in [-0.3, -0.25) is 9.59 Å². The summed E-state index contributed by atoms with van der Waals surface area (Å²) in [6, 6.07) is 22.8. The second-order valence-electron chi connectivity index (χ2n) is 11.2. The van der Waals surface area contributed by atoms with Crippen molar-refractivity contribution in [2.24, 2.45) is 5.73 Å². The first-order valence-corrected chi connectivity index (χ1v) is 15.7. The molecule has 5 N–H and O–H groups in total. The van der Waals surface area contributed by atoms with Gasteiger partial charge in [-0.25, -0.2) is 4.98 Å². The van der Waals surface area contributed by atoms with Crippen molar-refractivity contribution in [1.82, 2.24) is 20.2 Å². The molecule has 2 aliphatic rings. The van der Waals surface area contributed by atoms with Crippen molar-refractivity contribution < 1.29 is 28.5 Å². The summed E-state index contributed by atoms with van der Waals surface area (Å²) >= 11 is 0. The molecular formula is C34H40N6O6. The molecule has 2 atom stereocenters. The first-order valence-electron chi connectivity index (χ1n) is 15.7. The molecule has 242 valence electrons. The number of imidazole rings is 1. The Morgan fingerprint density at radius 3 is 2.54 bits per heavy atom. The molecule has 4 aromatic rings. The Bertz CT molecular complexity index is 1610. The van der Waals surface area contributed by atoms with Crippen LogP contribution < -0.4 is 16.4 Å². The molecule has 3 aromatic carbocycles. The van der Waals surface area contributed by atoms with Crippen LogP contribution >= 0.6 is 0 Å². The highest BCUT2D eigenvalue weighted by Gasteiger charge is 2.42. The van der Waals surface area contributed by atoms with E-state index in [0.29, 0.717) is 63.7 Å². The number of nitrogens with one attached hydrogen (secondary N) is 3. The van der Waals surface area contributed by atoms with E-state index in [9.17, 15) is 9.59 Å². The van der Waals surface area contributed by atoms with E-state index in [1.165, 1.54) is 0 Å². The van der Waals surface area contributed by atoms with Crippen LogP contribution in [0.1, 0.15) is 33.6 Å². The van der Waals surface area contributed by atoms with Gasteiger partial charge in [-0.15, -0.1) is 0 Å². The number of carbonyl (C=O) groups is 2. The first kappa shape index (κ1) is 31.6. The van der Waals surface area contributed by atoms with E-state index in [2.05, 4.69) is 20.6 Å². The van der Waals surface area contributed by atoms with Crippen molar-refractivity contribution in [3.8, 4) is 11.4 Å². The van der Waals surface area contributed by atoms with Gasteiger partial charge in [0.15, 0.2) is 6.23 Å². The molecule has 2 saturated heterocycles. The van der Waals surface area contributed by atoms with E-state index < -0.39 is 0 Å². The normalized spacial score (nSPS) is 18.1. The van der Waals surface area contributed by atoms with Crippen LogP contribution in [0.25, 0.3) is 22.4 Å². The Morgan fingerprint density at radius 2 is 1.74 bits per heavy atom. The first-order chi connectivity index (χ1) is 22.6. The van der Waals surface area contributed by atoms with Crippen molar-refractivity contribution in [1.29, 1.82) is 0 Å². The lowest BCUT2D eigenvalue weighted by Gasteiger charge is -2.31. The van der Waals surface area contributed by atoms with Crippen LogP contribution in [0.15, 0.2) is 72.8 Å². The summed E-state index contributed by atoms with van der Waals surface area (Å²) in [4.78, 5) is 35.7. The summed E-state index contributed by atoms with van der Waals surface area (Å²) in [5.41, 5.74) is 9.98. The molecule has 0 radical (unpaired) electrons. The monoisotopic (exact) mass is 628 g/mol. The highest BCUT2D eigenvalue weighted by Crippen LogP contribution is 2.30. The minimum absolute atomic E-state index is 0.00259. The number of hydrogen-bond donors (Lipinski definition) is 4. The zero-order chi connectivity index (χ0) is 31.7. The average molecular weight is 629 g/mol. The van der Waals surface area contributed by atoms with E-state index >= 15 is 0 Å². The van der Waals surface area contributed by atoms with E-state index in [0.717, 1.165) is 41.0 Å². The Hall–Kier alpha value is -4.33. The topological polar surface area (TPSA) is 156 Å². The SMILES string of the molecule is NCCOCCOCCNC(=O)c1cccc(NC2OC2OC2CCN(C(=O)c3ccc4nc(-c5ccccc5)[nH]c4c3)CC2)c1. The number of rotatable bonds is 15. The quantitative estimate of drug-likeness (QED) is 0.115. The number of ether oxygens (including phenoxy) is 4. The van der Waals surface area contributed by atoms with Crippen LogP contribution in [-0.2, 0) is 18.9 Å². The van der Waals surface area contributed by atoms with E-state index in [4.69, 9.17) is 24.7 Å². The highest BCUT2D eigenvalue weighted by atomic mass is 16.8. The second-order valence-corrected chi connectivity index (χ2v) is 11.2. The number of nitrogens with zero attached hydrogens (tertiary/aromatic N) is 2. The number of anilines is 1. The fourth-order valence-electron chi connectivity index (χ4n) is 5.41. The zero-order valence-electron chi connectivity index (χ0n) is 25.7. The zero-order valence-corrected chi connectivity index (χ0v) is 25.7. The van der Waals surface area contributed by atoms with Crippen LogP contribution in [0.3, 0.4) is 0 Å². The van der Waals surface area contributed by atoms with Crippen LogP contribution in [0.4, 0.5) is 5.69 Å². The van der Waals surface area contributed by atoms with Gasteiger partial charge in [-0.1, -0.05) is 36.4 Å². The van der Waals surface area contributed by atoms with Gasteiger partial charge < -0.3 is 45.2 Å². The number of likely N-dealkylation sites (tertiary alicyclic amines) is 1. The number of amides is 2. The number of carbonyl (C=O) groups excluding carboxylic acids is 2. The Labute approximate surface area is 267 Å². The number of benzene rings is 3. The van der Waals surface area contributed by atoms with Gasteiger partial charge in [-0.2, -0.15) is 0 Å². The fraction of sp³-hybridized carbons (Fsp3) is 0.382. The summed E-state index contributed by atoms with van der Waals surface area (Å²) in [5, 5.41) is 6.14. The van der Waals surface area contributed by atoms with Gasteiger partial charge in [-0.05, 0) is 49.2 Å². The number of hydrogen-bond acceptors (Lipinski definition) is 9. The van der Waals surface area contributed by atoms with Gasteiger partial charge in [0.1, 0.15) is 5.82 Å². The number of aromatic nitrogens is 2. The van der Waals surface area contributed by atoms with Crippen molar-refractivity contribution in [3.05, 3.63) is 83.9 Å². The minimum atomic E-state index is -0.377. The molecule has 46 heavy (non-hydrogen) atoms. The Morgan fingerprint density at radius 1 is 0.935 bits per heavy atom. The van der Waals surface area contributed by atoms with Crippen LogP contribution in [-0.4, -0.2) is 97.9 Å². The van der Waals surface area contributed by atoms with E-state index in [1.807, 2.05) is 65.6 Å². The molecule has 2 aliphatic heterocycles. The average Bonchev–Trinajstić information content (AvgIpc) is 3.66. The lowest BCUT2D eigenvalue weighted by Crippen LogP contribution is -2.41. The maximum atomic E-state index is 13.3. The summed E-state index contributed by atoms with van der Waals surface area (Å²) in [6.07, 6.45) is 0.772. The molecule has 2 unspecified atom stereocenters. The lowest BCUT2D eigenvalue weighted by molar-refractivity contribution is -0.0374. The Balaban J connectivity index is 0.912. The number of H-pyrrole nitrogens is 1. The van der Waals surface area contributed by atoms with Crippen molar-refractivity contribution in [3.63, 3.8) is 0 Å². The number of epoxide rings is 1. The maximum Gasteiger partial charge on any atom is 0.253 e. The van der Waals surface area contributed by atoms with Crippen molar-refractivity contribution in [2.75, 3.05) is 57.9 Å². The third-order valence-corrected chi connectivity index (χ3v) is 7.88. The molecule has 2 fully saturated rings. The molecule has 12 nitrogen and oxygen atoms in total. The molecule has 1 aromatic heterocycles. The molecule has 6 rings (SSSR count). The number of piperidine rings is 1. The van der Waals surface area contributed by atoms with Crippen LogP contribution in [0.5, 0.6) is 0 Å². The molecule has 0 aliphatic carbocycles. The number of nitrogens with two attached hydrogens (primary N) is 1. The molecular weight excluding hydrogens is 588 g/mol. The molecule has 0 spiro atoms. The third-order valence-electron chi connectivity index (χ3n) is 7.88. The van der Waals surface area contributed by atoms with Gasteiger partial charge in [0.05, 0.1) is 43.6 Å². The van der Waals surface area contributed by atoms with Crippen molar-refractivity contribution >= 4 is 28.5 Å². The predicted octanol–water partition coefficient (Wildman–Crippen LogP) is 3.37. The largest absolute Gasteiger partial charge is 0.378 e.